The predicted molar refractivity (Wildman–Crippen MR) is 104 cm³/mol. The molecule has 0 N–H and O–H groups in total. The molecule has 1 aliphatic rings. The molecule has 138 valence electrons. The smallest absolute Gasteiger partial charge is 0.227 e. The number of hydrogen-bond acceptors (Lipinski definition) is 3. The second kappa shape index (κ2) is 9.51. The maximum atomic E-state index is 12.6. The predicted octanol–water partition coefficient (Wildman–Crippen LogP) is 2.76. The van der Waals surface area contributed by atoms with Crippen molar-refractivity contribution in [3.05, 3.63) is 71.3 Å². The Kier molecular flexibility index (Phi) is 6.81. The van der Waals surface area contributed by atoms with Crippen LogP contribution in [0.15, 0.2) is 54.6 Å². The number of benzene rings is 2. The van der Waals surface area contributed by atoms with Gasteiger partial charge in [0.15, 0.2) is 0 Å². The van der Waals surface area contributed by atoms with Crippen LogP contribution in [0.3, 0.4) is 0 Å². The Labute approximate surface area is 156 Å². The fraction of sp³-hybridized carbons (Fsp3) is 0.409. The van der Waals surface area contributed by atoms with Gasteiger partial charge in [-0.25, -0.2) is 0 Å². The Hall–Kier alpha value is -2.17. The normalized spacial score (nSPS) is 15.2. The summed E-state index contributed by atoms with van der Waals surface area (Å²) in [5.41, 5.74) is 3.56. The first-order valence-electron chi connectivity index (χ1n) is 9.35. The number of nitrogens with zero attached hydrogens (tertiary/aromatic N) is 2. The van der Waals surface area contributed by atoms with Gasteiger partial charge in [0.05, 0.1) is 13.0 Å². The Balaban J connectivity index is 1.44. The average molecular weight is 352 g/mol. The number of amides is 1. The maximum absolute atomic E-state index is 12.6. The van der Waals surface area contributed by atoms with Crippen LogP contribution in [0.5, 0.6) is 0 Å². The molecule has 0 aromatic heterocycles. The van der Waals surface area contributed by atoms with Gasteiger partial charge in [-0.3, -0.25) is 9.69 Å². The Morgan fingerprint density at radius 3 is 2.35 bits per heavy atom. The zero-order chi connectivity index (χ0) is 18.2. The highest BCUT2D eigenvalue weighted by Crippen LogP contribution is 2.11. The van der Waals surface area contributed by atoms with Crippen molar-refractivity contribution in [1.82, 2.24) is 9.80 Å². The third-order valence-corrected chi connectivity index (χ3v) is 4.94. The van der Waals surface area contributed by atoms with Crippen molar-refractivity contribution in [2.24, 2.45) is 0 Å². The molecule has 0 aliphatic carbocycles. The fourth-order valence-electron chi connectivity index (χ4n) is 3.44. The third kappa shape index (κ3) is 5.41. The topological polar surface area (TPSA) is 32.8 Å². The van der Waals surface area contributed by atoms with Gasteiger partial charge in [-0.1, -0.05) is 54.6 Å². The first kappa shape index (κ1) is 18.6. The molecule has 1 heterocycles. The van der Waals surface area contributed by atoms with Crippen molar-refractivity contribution < 1.29 is 9.53 Å². The van der Waals surface area contributed by atoms with Crippen LogP contribution >= 0.6 is 0 Å². The van der Waals surface area contributed by atoms with Gasteiger partial charge >= 0.3 is 0 Å². The summed E-state index contributed by atoms with van der Waals surface area (Å²) in [5, 5.41) is 0. The van der Waals surface area contributed by atoms with E-state index in [0.717, 1.165) is 50.3 Å². The van der Waals surface area contributed by atoms with Crippen LogP contribution in [0, 0.1) is 0 Å². The van der Waals surface area contributed by atoms with Crippen LogP contribution in [0.25, 0.3) is 0 Å². The summed E-state index contributed by atoms with van der Waals surface area (Å²) < 4.78 is 5.17. The lowest BCUT2D eigenvalue weighted by atomic mass is 10.1. The van der Waals surface area contributed by atoms with Crippen LogP contribution < -0.4 is 0 Å². The SMILES string of the molecule is COCc1cccc(CC(=O)N2CCN(CCc3ccccc3)CC2)c1. The zero-order valence-electron chi connectivity index (χ0n) is 15.6. The Bertz CT molecular complexity index is 694. The van der Waals surface area contributed by atoms with Crippen molar-refractivity contribution in [2.45, 2.75) is 19.4 Å². The summed E-state index contributed by atoms with van der Waals surface area (Å²) in [6, 6.07) is 18.7. The van der Waals surface area contributed by atoms with Crippen LogP contribution in [0.2, 0.25) is 0 Å². The number of rotatable bonds is 7. The van der Waals surface area contributed by atoms with E-state index < -0.39 is 0 Å². The second-order valence-electron chi connectivity index (χ2n) is 6.89. The molecule has 1 saturated heterocycles. The largest absolute Gasteiger partial charge is 0.380 e. The van der Waals surface area contributed by atoms with E-state index in [1.165, 1.54) is 5.56 Å². The van der Waals surface area contributed by atoms with Gasteiger partial charge in [-0.05, 0) is 23.1 Å². The Morgan fingerprint density at radius 2 is 1.62 bits per heavy atom. The summed E-state index contributed by atoms with van der Waals surface area (Å²) in [7, 11) is 1.69. The lowest BCUT2D eigenvalue weighted by Crippen LogP contribution is -2.49. The van der Waals surface area contributed by atoms with Gasteiger partial charge in [0, 0.05) is 39.8 Å². The van der Waals surface area contributed by atoms with E-state index in [1.807, 2.05) is 23.1 Å². The van der Waals surface area contributed by atoms with Crippen LogP contribution in [-0.2, 0) is 29.0 Å². The molecule has 2 aromatic carbocycles. The monoisotopic (exact) mass is 352 g/mol. The lowest BCUT2D eigenvalue weighted by molar-refractivity contribution is -0.132. The van der Waals surface area contributed by atoms with Gasteiger partial charge in [-0.2, -0.15) is 0 Å². The molecule has 3 rings (SSSR count). The van der Waals surface area contributed by atoms with Crippen molar-refractivity contribution >= 4 is 5.91 Å². The molecule has 0 radical (unpaired) electrons. The molecule has 1 aliphatic heterocycles. The van der Waals surface area contributed by atoms with Gasteiger partial charge in [0.1, 0.15) is 0 Å². The molecule has 26 heavy (non-hydrogen) atoms. The van der Waals surface area contributed by atoms with E-state index >= 15 is 0 Å². The zero-order valence-corrected chi connectivity index (χ0v) is 15.6. The number of methoxy groups -OCH3 is 1. The Morgan fingerprint density at radius 1 is 0.923 bits per heavy atom. The van der Waals surface area contributed by atoms with E-state index in [1.54, 1.807) is 7.11 Å². The van der Waals surface area contributed by atoms with Crippen molar-refractivity contribution in [3.8, 4) is 0 Å². The highest BCUT2D eigenvalue weighted by Gasteiger charge is 2.21. The molecular formula is C22H28N2O2. The summed E-state index contributed by atoms with van der Waals surface area (Å²) in [6.45, 7) is 5.22. The fourth-order valence-corrected chi connectivity index (χ4v) is 3.44. The molecule has 0 spiro atoms. The van der Waals surface area contributed by atoms with E-state index in [4.69, 9.17) is 4.74 Å². The van der Waals surface area contributed by atoms with E-state index in [9.17, 15) is 4.79 Å². The van der Waals surface area contributed by atoms with E-state index in [-0.39, 0.29) is 5.91 Å². The van der Waals surface area contributed by atoms with Crippen LogP contribution in [0.1, 0.15) is 16.7 Å². The number of carbonyl (C=O) groups is 1. The third-order valence-electron chi connectivity index (χ3n) is 4.94. The molecule has 0 atom stereocenters. The average Bonchev–Trinajstić information content (AvgIpc) is 2.68. The summed E-state index contributed by atoms with van der Waals surface area (Å²) in [4.78, 5) is 17.1. The minimum atomic E-state index is 0.224. The minimum absolute atomic E-state index is 0.224. The molecule has 2 aromatic rings. The van der Waals surface area contributed by atoms with E-state index in [2.05, 4.69) is 41.3 Å². The molecular weight excluding hydrogens is 324 g/mol. The molecule has 1 amide bonds. The minimum Gasteiger partial charge on any atom is -0.380 e. The highest BCUT2D eigenvalue weighted by atomic mass is 16.5. The van der Waals surface area contributed by atoms with Crippen LogP contribution in [0.4, 0.5) is 0 Å². The van der Waals surface area contributed by atoms with Crippen LogP contribution in [-0.4, -0.2) is 55.5 Å². The van der Waals surface area contributed by atoms with Crippen molar-refractivity contribution in [3.63, 3.8) is 0 Å². The molecule has 4 nitrogen and oxygen atoms in total. The van der Waals surface area contributed by atoms with Gasteiger partial charge in [0.25, 0.3) is 0 Å². The number of hydrogen-bond donors (Lipinski definition) is 0. The quantitative estimate of drug-likeness (QED) is 0.768. The van der Waals surface area contributed by atoms with Crippen molar-refractivity contribution in [2.75, 3.05) is 39.8 Å². The highest BCUT2D eigenvalue weighted by molar-refractivity contribution is 5.79. The first-order valence-corrected chi connectivity index (χ1v) is 9.35. The molecule has 0 saturated carbocycles. The molecule has 1 fully saturated rings. The standard InChI is InChI=1S/C22H28N2O2/c1-26-18-21-9-5-8-20(16-21)17-22(25)24-14-12-23(13-15-24)11-10-19-6-3-2-4-7-19/h2-9,16H,10-15,17-18H2,1H3. The second-order valence-corrected chi connectivity index (χ2v) is 6.89. The molecule has 0 bridgehead atoms. The lowest BCUT2D eigenvalue weighted by Gasteiger charge is -2.34. The van der Waals surface area contributed by atoms with Gasteiger partial charge < -0.3 is 9.64 Å². The first-order chi connectivity index (χ1) is 12.7. The van der Waals surface area contributed by atoms with Gasteiger partial charge in [0.2, 0.25) is 5.91 Å². The number of ether oxygens (including phenoxy) is 1. The summed E-state index contributed by atoms with van der Waals surface area (Å²) in [6.07, 6.45) is 1.54. The van der Waals surface area contributed by atoms with Gasteiger partial charge in [-0.15, -0.1) is 0 Å². The summed E-state index contributed by atoms with van der Waals surface area (Å²) >= 11 is 0. The van der Waals surface area contributed by atoms with E-state index in [0.29, 0.717) is 13.0 Å². The maximum Gasteiger partial charge on any atom is 0.227 e. The molecule has 0 unspecified atom stereocenters. The number of carbonyl (C=O) groups excluding carboxylic acids is 1. The molecule has 4 heteroatoms. The number of piperazine rings is 1. The van der Waals surface area contributed by atoms with Crippen molar-refractivity contribution in [1.29, 1.82) is 0 Å². The summed E-state index contributed by atoms with van der Waals surface area (Å²) in [5.74, 6) is 0.224.